The number of aromatic nitrogens is 1. The van der Waals surface area contributed by atoms with E-state index in [0.717, 1.165) is 33.9 Å². The number of amides is 1. The highest BCUT2D eigenvalue weighted by molar-refractivity contribution is 8.01. The van der Waals surface area contributed by atoms with E-state index < -0.39 is 0 Å². The largest absolute Gasteiger partial charge is 0.466 e. The molecular formula is C17H20N2O3S2. The normalized spacial score (nSPS) is 17.9. The van der Waals surface area contributed by atoms with Gasteiger partial charge in [0.2, 0.25) is 5.91 Å². The molecule has 2 aromatic rings. The Balaban J connectivity index is 1.55. The average Bonchev–Trinajstić information content (AvgIpc) is 3.03. The minimum atomic E-state index is -0.186. The lowest BCUT2D eigenvalue weighted by Gasteiger charge is -2.31. The van der Waals surface area contributed by atoms with Gasteiger partial charge >= 0.3 is 5.97 Å². The van der Waals surface area contributed by atoms with Crippen LogP contribution < -0.4 is 0 Å². The summed E-state index contributed by atoms with van der Waals surface area (Å²) >= 11 is 3.07. The maximum absolute atomic E-state index is 12.4. The van der Waals surface area contributed by atoms with Gasteiger partial charge in [-0.1, -0.05) is 23.9 Å². The first-order valence-electron chi connectivity index (χ1n) is 8.10. The second-order valence-electron chi connectivity index (χ2n) is 5.67. The van der Waals surface area contributed by atoms with Crippen molar-refractivity contribution in [2.24, 2.45) is 5.92 Å². The van der Waals surface area contributed by atoms with Crippen LogP contribution in [0.15, 0.2) is 28.6 Å². The van der Waals surface area contributed by atoms with E-state index in [1.54, 1.807) is 23.2 Å². The number of fused-ring (bicyclic) bond motifs is 1. The molecule has 2 heterocycles. The lowest BCUT2D eigenvalue weighted by Crippen LogP contribution is -2.43. The standard InChI is InChI=1S/C17H20N2O3S2/c1-2-22-16(21)12-6-5-9-19(10-12)15(20)11-23-17-18-13-7-3-4-8-14(13)24-17/h3-4,7-8,12H,2,5-6,9-11H2,1H3/t12-/m1/s1. The van der Waals surface area contributed by atoms with Crippen molar-refractivity contribution in [3.8, 4) is 0 Å². The average molecular weight is 364 g/mol. The van der Waals surface area contributed by atoms with Crippen LogP contribution >= 0.6 is 23.1 Å². The minimum absolute atomic E-state index is 0.0632. The quantitative estimate of drug-likeness (QED) is 0.602. The predicted molar refractivity (Wildman–Crippen MR) is 96.3 cm³/mol. The van der Waals surface area contributed by atoms with Crippen molar-refractivity contribution in [1.82, 2.24) is 9.88 Å². The Morgan fingerprint density at radius 1 is 1.42 bits per heavy atom. The highest BCUT2D eigenvalue weighted by Crippen LogP contribution is 2.29. The Morgan fingerprint density at radius 3 is 3.04 bits per heavy atom. The molecule has 0 spiro atoms. The number of carbonyl (C=O) groups excluding carboxylic acids is 2. The molecule has 0 unspecified atom stereocenters. The predicted octanol–water partition coefficient (Wildman–Crippen LogP) is 3.19. The highest BCUT2D eigenvalue weighted by atomic mass is 32.2. The van der Waals surface area contributed by atoms with E-state index in [2.05, 4.69) is 4.98 Å². The third kappa shape index (κ3) is 4.08. The van der Waals surface area contributed by atoms with E-state index in [0.29, 0.717) is 18.9 Å². The molecule has 7 heteroatoms. The van der Waals surface area contributed by atoms with Crippen LogP contribution in [-0.2, 0) is 14.3 Å². The zero-order valence-electron chi connectivity index (χ0n) is 13.6. The first-order chi connectivity index (χ1) is 11.7. The van der Waals surface area contributed by atoms with Crippen molar-refractivity contribution in [3.05, 3.63) is 24.3 Å². The molecular weight excluding hydrogens is 344 g/mol. The van der Waals surface area contributed by atoms with Crippen molar-refractivity contribution < 1.29 is 14.3 Å². The van der Waals surface area contributed by atoms with Gasteiger partial charge < -0.3 is 9.64 Å². The van der Waals surface area contributed by atoms with E-state index in [9.17, 15) is 9.59 Å². The molecule has 0 bridgehead atoms. The summed E-state index contributed by atoms with van der Waals surface area (Å²) in [6.07, 6.45) is 1.65. The van der Waals surface area contributed by atoms with Crippen LogP contribution in [0, 0.1) is 5.92 Å². The topological polar surface area (TPSA) is 59.5 Å². The van der Waals surface area contributed by atoms with E-state index in [1.807, 2.05) is 24.3 Å². The van der Waals surface area contributed by atoms with Crippen molar-refractivity contribution in [2.75, 3.05) is 25.4 Å². The fourth-order valence-corrected chi connectivity index (χ4v) is 4.75. The molecule has 1 fully saturated rings. The Kier molecular flexibility index (Phi) is 5.73. The van der Waals surface area contributed by atoms with Crippen LogP contribution in [0.1, 0.15) is 19.8 Å². The molecule has 24 heavy (non-hydrogen) atoms. The van der Waals surface area contributed by atoms with Crippen molar-refractivity contribution in [1.29, 1.82) is 0 Å². The van der Waals surface area contributed by atoms with Gasteiger partial charge in [-0.15, -0.1) is 11.3 Å². The third-order valence-corrected chi connectivity index (χ3v) is 6.15. The SMILES string of the molecule is CCOC(=O)[C@@H]1CCCN(C(=O)CSc2nc3ccccc3s2)C1. The molecule has 1 aromatic carbocycles. The van der Waals surface area contributed by atoms with Gasteiger partial charge in [0.05, 0.1) is 28.5 Å². The van der Waals surface area contributed by atoms with Gasteiger partial charge in [-0.3, -0.25) is 9.59 Å². The van der Waals surface area contributed by atoms with E-state index in [1.165, 1.54) is 11.8 Å². The zero-order chi connectivity index (χ0) is 16.9. The highest BCUT2D eigenvalue weighted by Gasteiger charge is 2.29. The molecule has 1 aliphatic rings. The van der Waals surface area contributed by atoms with Crippen molar-refractivity contribution in [3.63, 3.8) is 0 Å². The van der Waals surface area contributed by atoms with Gasteiger partial charge in [0.1, 0.15) is 0 Å². The summed E-state index contributed by atoms with van der Waals surface area (Å²) in [5.74, 6) is 0.0483. The molecule has 128 valence electrons. The summed E-state index contributed by atoms with van der Waals surface area (Å²) in [5, 5.41) is 0. The van der Waals surface area contributed by atoms with Crippen LogP contribution in [0.3, 0.4) is 0 Å². The van der Waals surface area contributed by atoms with Gasteiger partial charge in [-0.25, -0.2) is 4.98 Å². The summed E-state index contributed by atoms with van der Waals surface area (Å²) in [4.78, 5) is 30.6. The molecule has 1 saturated heterocycles. The monoisotopic (exact) mass is 364 g/mol. The summed E-state index contributed by atoms with van der Waals surface area (Å²) < 4.78 is 7.12. The van der Waals surface area contributed by atoms with Crippen molar-refractivity contribution in [2.45, 2.75) is 24.1 Å². The second kappa shape index (κ2) is 7.98. The summed E-state index contributed by atoms with van der Waals surface area (Å²) in [7, 11) is 0. The van der Waals surface area contributed by atoms with Gasteiger partial charge in [0, 0.05) is 13.1 Å². The smallest absolute Gasteiger partial charge is 0.310 e. The first kappa shape index (κ1) is 17.2. The molecule has 0 saturated carbocycles. The number of para-hydroxylation sites is 1. The molecule has 0 radical (unpaired) electrons. The molecule has 0 aliphatic carbocycles. The van der Waals surface area contributed by atoms with Crippen LogP contribution in [0.2, 0.25) is 0 Å². The number of hydrogen-bond donors (Lipinski definition) is 0. The van der Waals surface area contributed by atoms with Gasteiger partial charge in [0.25, 0.3) is 0 Å². The molecule has 1 atom stereocenters. The lowest BCUT2D eigenvalue weighted by atomic mass is 9.98. The number of hydrogen-bond acceptors (Lipinski definition) is 6. The number of rotatable bonds is 5. The number of thiazole rings is 1. The number of thioether (sulfide) groups is 1. The number of esters is 1. The summed E-state index contributed by atoms with van der Waals surface area (Å²) in [5.41, 5.74) is 0.970. The third-order valence-electron chi connectivity index (χ3n) is 3.99. The Bertz CT molecular complexity index is 698. The van der Waals surface area contributed by atoms with E-state index in [-0.39, 0.29) is 17.8 Å². The maximum atomic E-state index is 12.4. The summed E-state index contributed by atoms with van der Waals surface area (Å²) in [6, 6.07) is 7.97. The van der Waals surface area contributed by atoms with Gasteiger partial charge in [0.15, 0.2) is 4.34 Å². The molecule has 1 amide bonds. The van der Waals surface area contributed by atoms with E-state index in [4.69, 9.17) is 4.74 Å². The second-order valence-corrected chi connectivity index (χ2v) is 7.92. The number of ether oxygens (including phenoxy) is 1. The number of likely N-dealkylation sites (tertiary alicyclic amines) is 1. The van der Waals surface area contributed by atoms with Gasteiger partial charge in [-0.05, 0) is 31.9 Å². The number of nitrogens with zero attached hydrogens (tertiary/aromatic N) is 2. The Labute approximate surface area is 149 Å². The maximum Gasteiger partial charge on any atom is 0.310 e. The fraction of sp³-hybridized carbons (Fsp3) is 0.471. The lowest BCUT2D eigenvalue weighted by molar-refractivity contribution is -0.151. The number of benzene rings is 1. The summed E-state index contributed by atoms with van der Waals surface area (Å²) in [6.45, 7) is 3.38. The fourth-order valence-electron chi connectivity index (χ4n) is 2.78. The Morgan fingerprint density at radius 2 is 2.25 bits per heavy atom. The van der Waals surface area contributed by atoms with Gasteiger partial charge in [-0.2, -0.15) is 0 Å². The Hall–Kier alpha value is -1.60. The zero-order valence-corrected chi connectivity index (χ0v) is 15.2. The first-order valence-corrected chi connectivity index (χ1v) is 9.90. The minimum Gasteiger partial charge on any atom is -0.466 e. The van der Waals surface area contributed by atoms with Crippen LogP contribution in [0.25, 0.3) is 10.2 Å². The molecule has 0 N–H and O–H groups in total. The van der Waals surface area contributed by atoms with Crippen LogP contribution in [-0.4, -0.2) is 47.2 Å². The molecule has 1 aromatic heterocycles. The number of piperidine rings is 1. The van der Waals surface area contributed by atoms with Crippen LogP contribution in [0.5, 0.6) is 0 Å². The molecule has 5 nitrogen and oxygen atoms in total. The van der Waals surface area contributed by atoms with Crippen LogP contribution in [0.4, 0.5) is 0 Å². The van der Waals surface area contributed by atoms with E-state index >= 15 is 0 Å². The van der Waals surface area contributed by atoms with Crippen molar-refractivity contribution >= 4 is 45.2 Å². The number of carbonyl (C=O) groups is 2. The molecule has 1 aliphatic heterocycles. The molecule has 3 rings (SSSR count).